The second-order valence-electron chi connectivity index (χ2n) is 8.91. The zero-order chi connectivity index (χ0) is 25.1. The van der Waals surface area contributed by atoms with E-state index in [1.165, 1.54) is 12.7 Å². The minimum Gasteiger partial charge on any atom is -0.485 e. The summed E-state index contributed by atoms with van der Waals surface area (Å²) >= 11 is 0. The molecule has 1 amide bonds. The van der Waals surface area contributed by atoms with Gasteiger partial charge in [-0.15, -0.1) is 0 Å². The molecule has 0 aliphatic carbocycles. The van der Waals surface area contributed by atoms with Crippen LogP contribution in [-0.2, 0) is 18.2 Å². The highest BCUT2D eigenvalue weighted by Crippen LogP contribution is 2.40. The number of rotatable bonds is 9. The average molecular weight is 473 g/mol. The van der Waals surface area contributed by atoms with Crippen molar-refractivity contribution in [1.82, 2.24) is 4.57 Å². The van der Waals surface area contributed by atoms with E-state index in [0.29, 0.717) is 16.9 Å². The number of aryl methyl sites for hydroxylation is 2. The van der Waals surface area contributed by atoms with Gasteiger partial charge in [-0.3, -0.25) is 4.79 Å². The van der Waals surface area contributed by atoms with E-state index in [2.05, 4.69) is 23.6 Å². The van der Waals surface area contributed by atoms with E-state index in [-0.39, 0.29) is 0 Å². The van der Waals surface area contributed by atoms with Crippen LogP contribution in [-0.4, -0.2) is 23.6 Å². The van der Waals surface area contributed by atoms with Crippen LogP contribution in [0.15, 0.2) is 54.6 Å². The van der Waals surface area contributed by atoms with Gasteiger partial charge in [0.25, 0.3) is 0 Å². The van der Waals surface area contributed by atoms with Crippen LogP contribution in [0.2, 0.25) is 0 Å². The number of hydrogen-bond donors (Lipinski definition) is 1. The molecule has 0 radical (unpaired) electrons. The predicted octanol–water partition coefficient (Wildman–Crippen LogP) is 6.09. The highest BCUT2D eigenvalue weighted by atomic mass is 16.5. The van der Waals surface area contributed by atoms with E-state index in [1.54, 1.807) is 18.2 Å². The van der Waals surface area contributed by atoms with Crippen LogP contribution in [0.4, 0.5) is 0 Å². The van der Waals surface area contributed by atoms with Gasteiger partial charge in [-0.2, -0.15) is 0 Å². The van der Waals surface area contributed by atoms with Crippen molar-refractivity contribution in [3.05, 3.63) is 76.9 Å². The molecule has 3 aromatic carbocycles. The normalized spacial score (nSPS) is 12.1. The summed E-state index contributed by atoms with van der Waals surface area (Å²) in [6, 6.07) is 17.1. The SMILES string of the molecule is CCCCCc1cc(O[C@@H](C)c2ccccc2C(=O)OC)c2c3c(C(N)=O)cccc3n(C)c2c1. The molecule has 6 nitrogen and oxygen atoms in total. The summed E-state index contributed by atoms with van der Waals surface area (Å²) in [7, 11) is 3.36. The number of unbranched alkanes of at least 4 members (excludes halogenated alkanes) is 2. The van der Waals surface area contributed by atoms with Gasteiger partial charge in [0.05, 0.1) is 23.6 Å². The molecule has 4 rings (SSSR count). The summed E-state index contributed by atoms with van der Waals surface area (Å²) in [5, 5.41) is 1.62. The number of fused-ring (bicyclic) bond motifs is 3. The molecule has 1 aromatic heterocycles. The molecule has 0 unspecified atom stereocenters. The molecule has 0 spiro atoms. The Bertz CT molecular complexity index is 1400. The van der Waals surface area contributed by atoms with Crippen molar-refractivity contribution in [3.63, 3.8) is 0 Å². The summed E-state index contributed by atoms with van der Waals surface area (Å²) < 4.78 is 13.6. The molecule has 6 heteroatoms. The summed E-state index contributed by atoms with van der Waals surface area (Å²) in [6.45, 7) is 4.10. The number of aromatic nitrogens is 1. The Morgan fingerprint density at radius 1 is 0.971 bits per heavy atom. The third-order valence-electron chi connectivity index (χ3n) is 6.60. The maximum Gasteiger partial charge on any atom is 0.338 e. The van der Waals surface area contributed by atoms with Gasteiger partial charge in [-0.1, -0.05) is 44.0 Å². The lowest BCUT2D eigenvalue weighted by molar-refractivity contribution is 0.0595. The third kappa shape index (κ3) is 4.61. The Labute approximate surface area is 205 Å². The number of nitrogens with two attached hydrogens (primary N) is 1. The van der Waals surface area contributed by atoms with Crippen LogP contribution >= 0.6 is 0 Å². The van der Waals surface area contributed by atoms with E-state index in [9.17, 15) is 9.59 Å². The first kappa shape index (κ1) is 24.3. The maximum atomic E-state index is 12.4. The maximum absolute atomic E-state index is 12.4. The van der Waals surface area contributed by atoms with Crippen LogP contribution in [0, 0.1) is 0 Å². The lowest BCUT2D eigenvalue weighted by Crippen LogP contribution is -2.12. The van der Waals surface area contributed by atoms with Crippen molar-refractivity contribution in [2.45, 2.75) is 45.6 Å². The van der Waals surface area contributed by atoms with Crippen molar-refractivity contribution < 1.29 is 19.1 Å². The number of ether oxygens (including phenoxy) is 2. The highest BCUT2D eigenvalue weighted by Gasteiger charge is 2.22. The molecule has 0 fully saturated rings. The van der Waals surface area contributed by atoms with E-state index in [4.69, 9.17) is 15.2 Å². The molecular weight excluding hydrogens is 440 g/mol. The van der Waals surface area contributed by atoms with Gasteiger partial charge in [-0.05, 0) is 55.7 Å². The zero-order valence-corrected chi connectivity index (χ0v) is 20.8. The second kappa shape index (κ2) is 10.2. The Balaban J connectivity index is 1.91. The zero-order valence-electron chi connectivity index (χ0n) is 20.8. The first-order valence-electron chi connectivity index (χ1n) is 12.0. The number of benzene rings is 3. The van der Waals surface area contributed by atoms with Gasteiger partial charge < -0.3 is 19.8 Å². The molecule has 35 heavy (non-hydrogen) atoms. The number of esters is 1. The van der Waals surface area contributed by atoms with Crippen molar-refractivity contribution in [2.24, 2.45) is 12.8 Å². The van der Waals surface area contributed by atoms with Gasteiger partial charge in [0, 0.05) is 29.1 Å². The smallest absolute Gasteiger partial charge is 0.338 e. The Morgan fingerprint density at radius 3 is 2.43 bits per heavy atom. The third-order valence-corrected chi connectivity index (χ3v) is 6.60. The van der Waals surface area contributed by atoms with E-state index in [0.717, 1.165) is 53.1 Å². The number of carbonyl (C=O) groups excluding carboxylic acids is 2. The molecule has 0 aliphatic heterocycles. The van der Waals surface area contributed by atoms with Crippen LogP contribution in [0.25, 0.3) is 21.8 Å². The van der Waals surface area contributed by atoms with Gasteiger partial charge in [0.2, 0.25) is 5.91 Å². The molecule has 0 saturated heterocycles. The predicted molar refractivity (Wildman–Crippen MR) is 139 cm³/mol. The highest BCUT2D eigenvalue weighted by molar-refractivity contribution is 6.19. The summed E-state index contributed by atoms with van der Waals surface area (Å²) in [6.07, 6.45) is 3.87. The average Bonchev–Trinajstić information content (AvgIpc) is 3.15. The van der Waals surface area contributed by atoms with Crippen LogP contribution < -0.4 is 10.5 Å². The molecule has 4 aromatic rings. The number of carbonyl (C=O) groups is 2. The molecule has 0 bridgehead atoms. The minimum atomic E-state index is -0.481. The number of primary amides is 1. The Hall–Kier alpha value is -3.80. The first-order valence-corrected chi connectivity index (χ1v) is 12.0. The number of methoxy groups -OCH3 is 1. The molecule has 1 atom stereocenters. The van der Waals surface area contributed by atoms with E-state index < -0.39 is 18.0 Å². The molecule has 0 aliphatic rings. The largest absolute Gasteiger partial charge is 0.485 e. The summed E-state index contributed by atoms with van der Waals surface area (Å²) in [4.78, 5) is 24.7. The molecular formula is C29H32N2O4. The lowest BCUT2D eigenvalue weighted by atomic mass is 10.0. The van der Waals surface area contributed by atoms with Crippen molar-refractivity contribution >= 4 is 33.7 Å². The Kier molecular flexibility index (Phi) is 7.10. The van der Waals surface area contributed by atoms with Crippen molar-refractivity contribution in [3.8, 4) is 5.75 Å². The fourth-order valence-electron chi connectivity index (χ4n) is 4.81. The summed E-state index contributed by atoms with van der Waals surface area (Å²) in [5.41, 5.74) is 10.5. The lowest BCUT2D eigenvalue weighted by Gasteiger charge is -2.19. The fraction of sp³-hybridized carbons (Fsp3) is 0.310. The monoisotopic (exact) mass is 472 g/mol. The fourth-order valence-corrected chi connectivity index (χ4v) is 4.81. The number of nitrogens with zero attached hydrogens (tertiary/aromatic N) is 1. The van der Waals surface area contributed by atoms with E-state index in [1.807, 2.05) is 38.2 Å². The van der Waals surface area contributed by atoms with Crippen molar-refractivity contribution in [2.75, 3.05) is 7.11 Å². The molecule has 1 heterocycles. The van der Waals surface area contributed by atoms with Gasteiger partial charge in [0.15, 0.2) is 0 Å². The quantitative estimate of drug-likeness (QED) is 0.236. The number of amides is 1. The molecule has 2 N–H and O–H groups in total. The van der Waals surface area contributed by atoms with Crippen LogP contribution in [0.1, 0.15) is 71.1 Å². The summed E-state index contributed by atoms with van der Waals surface area (Å²) in [5.74, 6) is -0.221. The molecule has 0 saturated carbocycles. The van der Waals surface area contributed by atoms with Gasteiger partial charge in [-0.25, -0.2) is 4.79 Å². The standard InChI is InChI=1S/C29H32N2O4/c1-5-6-7-11-19-16-24-27(26-22(28(30)32)14-10-15-23(26)31(24)3)25(17-19)35-18(2)20-12-8-9-13-21(20)29(33)34-4/h8-10,12-18H,5-7,11H2,1-4H3,(H2,30,32)/t18-/m0/s1. The first-order chi connectivity index (χ1) is 16.9. The Morgan fingerprint density at radius 2 is 1.71 bits per heavy atom. The second-order valence-corrected chi connectivity index (χ2v) is 8.91. The van der Waals surface area contributed by atoms with Crippen LogP contribution in [0.3, 0.4) is 0 Å². The van der Waals surface area contributed by atoms with Crippen molar-refractivity contribution in [1.29, 1.82) is 0 Å². The van der Waals surface area contributed by atoms with E-state index >= 15 is 0 Å². The number of hydrogen-bond acceptors (Lipinski definition) is 4. The molecule has 182 valence electrons. The van der Waals surface area contributed by atoms with Crippen LogP contribution in [0.5, 0.6) is 5.75 Å². The van der Waals surface area contributed by atoms with Gasteiger partial charge >= 0.3 is 5.97 Å². The minimum absolute atomic E-state index is 0.407. The topological polar surface area (TPSA) is 83.6 Å². The van der Waals surface area contributed by atoms with Gasteiger partial charge in [0.1, 0.15) is 11.9 Å².